The standard InChI is InChI=1S/C21H21ClF3N5O3S2/c22-16-13(2-1-3-14(16)30-35(31,32)11-7-21(23,24)25)17-18(15-4-8-27-20(26)28-15)34-19(29-17)12-5-9-33-10-6-12/h1-4,8,12,30H,5-7,9-11H2,(H2,26,27,28). The van der Waals surface area contributed by atoms with Gasteiger partial charge in [-0.15, -0.1) is 11.3 Å². The molecular formula is C21H21ClF3N5O3S2. The van der Waals surface area contributed by atoms with Crippen LogP contribution in [-0.2, 0) is 14.8 Å². The average molecular weight is 548 g/mol. The Morgan fingerprint density at radius 3 is 2.63 bits per heavy atom. The van der Waals surface area contributed by atoms with Gasteiger partial charge in [-0.2, -0.15) is 13.2 Å². The monoisotopic (exact) mass is 547 g/mol. The summed E-state index contributed by atoms with van der Waals surface area (Å²) >= 11 is 7.99. The van der Waals surface area contributed by atoms with E-state index >= 15 is 0 Å². The number of alkyl halides is 3. The van der Waals surface area contributed by atoms with Gasteiger partial charge in [0.05, 0.1) is 44.2 Å². The third-order valence-corrected chi connectivity index (χ3v) is 8.21. The maximum Gasteiger partial charge on any atom is 0.390 e. The van der Waals surface area contributed by atoms with Gasteiger partial charge in [0.1, 0.15) is 0 Å². The van der Waals surface area contributed by atoms with Crippen LogP contribution in [0.1, 0.15) is 30.2 Å². The number of ether oxygens (including phenoxy) is 1. The van der Waals surface area contributed by atoms with Crippen LogP contribution in [-0.4, -0.2) is 48.5 Å². The van der Waals surface area contributed by atoms with Crippen LogP contribution in [0.4, 0.5) is 24.8 Å². The van der Waals surface area contributed by atoms with Crippen LogP contribution in [0, 0.1) is 0 Å². The largest absolute Gasteiger partial charge is 0.390 e. The topological polar surface area (TPSA) is 120 Å². The van der Waals surface area contributed by atoms with Crippen molar-refractivity contribution in [1.29, 1.82) is 0 Å². The van der Waals surface area contributed by atoms with Crippen LogP contribution in [0.5, 0.6) is 0 Å². The molecule has 2 aromatic heterocycles. The lowest BCUT2D eigenvalue weighted by Gasteiger charge is -2.19. The molecule has 3 aromatic rings. The van der Waals surface area contributed by atoms with Crippen molar-refractivity contribution in [3.63, 3.8) is 0 Å². The van der Waals surface area contributed by atoms with E-state index in [0.717, 1.165) is 17.8 Å². The zero-order chi connectivity index (χ0) is 25.2. The quantitative estimate of drug-likeness (QED) is 0.422. The van der Waals surface area contributed by atoms with Crippen molar-refractivity contribution >= 4 is 44.6 Å². The normalized spacial score (nSPS) is 15.3. The van der Waals surface area contributed by atoms with Gasteiger partial charge in [-0.3, -0.25) is 4.72 Å². The first-order valence-electron chi connectivity index (χ1n) is 10.6. The highest BCUT2D eigenvalue weighted by Gasteiger charge is 2.30. The Labute approximate surface area is 208 Å². The van der Waals surface area contributed by atoms with Crippen molar-refractivity contribution < 1.29 is 26.3 Å². The van der Waals surface area contributed by atoms with E-state index in [4.69, 9.17) is 27.1 Å². The number of nitrogens with zero attached hydrogens (tertiary/aromatic N) is 3. The predicted molar refractivity (Wildman–Crippen MR) is 129 cm³/mol. The van der Waals surface area contributed by atoms with E-state index in [2.05, 4.69) is 14.7 Å². The molecule has 4 rings (SSSR count). The predicted octanol–water partition coefficient (Wildman–Crippen LogP) is 5.09. The molecule has 0 spiro atoms. The van der Waals surface area contributed by atoms with Crippen molar-refractivity contribution in [1.82, 2.24) is 15.0 Å². The Bertz CT molecular complexity index is 1310. The van der Waals surface area contributed by atoms with Gasteiger partial charge >= 0.3 is 6.18 Å². The molecule has 8 nitrogen and oxygen atoms in total. The maximum atomic E-state index is 12.5. The highest BCUT2D eigenvalue weighted by molar-refractivity contribution is 7.92. The Hall–Kier alpha value is -2.48. The number of nitrogens with one attached hydrogen (secondary N) is 1. The van der Waals surface area contributed by atoms with E-state index in [1.807, 2.05) is 0 Å². The zero-order valence-electron chi connectivity index (χ0n) is 18.2. The maximum absolute atomic E-state index is 12.5. The summed E-state index contributed by atoms with van der Waals surface area (Å²) in [5, 5.41) is 0.859. The van der Waals surface area contributed by atoms with Gasteiger partial charge < -0.3 is 10.5 Å². The molecule has 3 heterocycles. The summed E-state index contributed by atoms with van der Waals surface area (Å²) in [4.78, 5) is 13.7. The fraction of sp³-hybridized carbons (Fsp3) is 0.381. The van der Waals surface area contributed by atoms with Crippen molar-refractivity contribution in [2.75, 3.05) is 29.4 Å². The fourth-order valence-electron chi connectivity index (χ4n) is 3.57. The summed E-state index contributed by atoms with van der Waals surface area (Å²) in [7, 11) is -4.29. The van der Waals surface area contributed by atoms with E-state index in [1.165, 1.54) is 23.6 Å². The number of aromatic nitrogens is 3. The number of hydrogen-bond donors (Lipinski definition) is 2. The zero-order valence-corrected chi connectivity index (χ0v) is 20.6. The second kappa shape index (κ2) is 10.2. The molecule has 0 radical (unpaired) electrons. The third kappa shape index (κ3) is 6.40. The van der Waals surface area contributed by atoms with Crippen LogP contribution in [0.15, 0.2) is 30.5 Å². The smallest absolute Gasteiger partial charge is 0.381 e. The Balaban J connectivity index is 1.74. The molecule has 0 bridgehead atoms. The minimum absolute atomic E-state index is 0.00943. The van der Waals surface area contributed by atoms with Gasteiger partial charge in [-0.05, 0) is 25.0 Å². The van der Waals surface area contributed by atoms with Gasteiger partial charge in [0.25, 0.3) is 0 Å². The van der Waals surface area contributed by atoms with Gasteiger partial charge in [0.2, 0.25) is 16.0 Å². The van der Waals surface area contributed by atoms with Crippen molar-refractivity contribution in [3.05, 3.63) is 40.5 Å². The van der Waals surface area contributed by atoms with Crippen molar-refractivity contribution in [2.45, 2.75) is 31.4 Å². The SMILES string of the molecule is Nc1nccc(-c2sc(C3CCOCC3)nc2-c2cccc(NS(=O)(=O)CCC(F)(F)F)c2Cl)n1. The first-order chi connectivity index (χ1) is 16.5. The number of thiazole rings is 1. The number of halogens is 4. The summed E-state index contributed by atoms with van der Waals surface area (Å²) in [5.41, 5.74) is 7.14. The molecule has 1 aliphatic heterocycles. The molecule has 1 saturated heterocycles. The second-order valence-electron chi connectivity index (χ2n) is 7.87. The number of benzene rings is 1. The lowest BCUT2D eigenvalue weighted by molar-refractivity contribution is -0.129. The highest BCUT2D eigenvalue weighted by Crippen LogP contribution is 2.44. The lowest BCUT2D eigenvalue weighted by atomic mass is 10.0. The minimum Gasteiger partial charge on any atom is -0.381 e. The molecule has 35 heavy (non-hydrogen) atoms. The van der Waals surface area contributed by atoms with Crippen LogP contribution >= 0.6 is 22.9 Å². The van der Waals surface area contributed by atoms with Gasteiger partial charge in [0.15, 0.2) is 0 Å². The molecule has 3 N–H and O–H groups in total. The van der Waals surface area contributed by atoms with Crippen molar-refractivity contribution in [3.8, 4) is 21.8 Å². The number of sulfonamides is 1. The summed E-state index contributed by atoms with van der Waals surface area (Å²) in [6, 6.07) is 6.27. The number of anilines is 2. The van der Waals surface area contributed by atoms with E-state index in [-0.39, 0.29) is 22.6 Å². The first kappa shape index (κ1) is 25.6. The van der Waals surface area contributed by atoms with Crippen LogP contribution < -0.4 is 10.5 Å². The molecule has 14 heteroatoms. The van der Waals surface area contributed by atoms with E-state index in [1.54, 1.807) is 18.2 Å². The van der Waals surface area contributed by atoms with E-state index in [9.17, 15) is 21.6 Å². The molecule has 1 fully saturated rings. The highest BCUT2D eigenvalue weighted by atomic mass is 35.5. The molecule has 0 unspecified atom stereocenters. The second-order valence-corrected chi connectivity index (χ2v) is 11.1. The fourth-order valence-corrected chi connectivity index (χ4v) is 6.22. The van der Waals surface area contributed by atoms with Gasteiger partial charge in [0, 0.05) is 30.9 Å². The molecule has 0 saturated carbocycles. The summed E-state index contributed by atoms with van der Waals surface area (Å²) in [6.45, 7) is 1.23. The number of rotatable bonds is 7. The van der Waals surface area contributed by atoms with Crippen molar-refractivity contribution in [2.24, 2.45) is 0 Å². The minimum atomic E-state index is -4.60. The number of nitrogens with two attached hydrogens (primary N) is 1. The summed E-state index contributed by atoms with van der Waals surface area (Å²) < 4.78 is 69.7. The van der Waals surface area contributed by atoms with Crippen LogP contribution in [0.3, 0.4) is 0 Å². The van der Waals surface area contributed by atoms with E-state index < -0.39 is 28.4 Å². The summed E-state index contributed by atoms with van der Waals surface area (Å²) in [5.74, 6) is -0.873. The third-order valence-electron chi connectivity index (χ3n) is 5.29. The van der Waals surface area contributed by atoms with Gasteiger partial charge in [-0.1, -0.05) is 23.7 Å². The Morgan fingerprint density at radius 2 is 1.94 bits per heavy atom. The Morgan fingerprint density at radius 1 is 1.20 bits per heavy atom. The average Bonchev–Trinajstić information content (AvgIpc) is 3.25. The molecule has 1 aromatic carbocycles. The van der Waals surface area contributed by atoms with E-state index in [0.29, 0.717) is 35.0 Å². The molecule has 0 atom stereocenters. The molecule has 0 aliphatic carbocycles. The molecule has 0 amide bonds. The molecule has 1 aliphatic rings. The molecular weight excluding hydrogens is 527 g/mol. The first-order valence-corrected chi connectivity index (χ1v) is 13.4. The number of nitrogen functional groups attached to an aromatic ring is 1. The molecule has 188 valence electrons. The van der Waals surface area contributed by atoms with Gasteiger partial charge in [-0.25, -0.2) is 23.4 Å². The Kier molecular flexibility index (Phi) is 7.50. The number of hydrogen-bond acceptors (Lipinski definition) is 8. The summed E-state index contributed by atoms with van der Waals surface area (Å²) in [6.07, 6.45) is -2.96. The lowest BCUT2D eigenvalue weighted by Crippen LogP contribution is -2.22. The van der Waals surface area contributed by atoms with Crippen LogP contribution in [0.2, 0.25) is 5.02 Å². The van der Waals surface area contributed by atoms with Crippen LogP contribution in [0.25, 0.3) is 21.8 Å².